The summed E-state index contributed by atoms with van der Waals surface area (Å²) in [6.07, 6.45) is 5.30. The zero-order valence-corrected chi connectivity index (χ0v) is 11.8. The molecule has 2 aliphatic heterocycles. The summed E-state index contributed by atoms with van der Waals surface area (Å²) in [7, 11) is 0. The highest BCUT2D eigenvalue weighted by Crippen LogP contribution is 2.16. The molecule has 0 aliphatic carbocycles. The first-order chi connectivity index (χ1) is 8.34. The highest BCUT2D eigenvalue weighted by atomic mass is 35.5. The van der Waals surface area contributed by atoms with Crippen molar-refractivity contribution in [3.63, 3.8) is 0 Å². The highest BCUT2D eigenvalue weighted by molar-refractivity contribution is 5.85. The molecule has 2 saturated heterocycles. The summed E-state index contributed by atoms with van der Waals surface area (Å²) < 4.78 is 5.40. The summed E-state index contributed by atoms with van der Waals surface area (Å²) in [5, 5.41) is 6.38. The maximum atomic E-state index is 11.8. The van der Waals surface area contributed by atoms with E-state index in [1.807, 2.05) is 0 Å². The third-order valence-electron chi connectivity index (χ3n) is 3.78. The number of ether oxygens (including phenoxy) is 1. The summed E-state index contributed by atoms with van der Waals surface area (Å²) in [5.41, 5.74) is 0. The van der Waals surface area contributed by atoms with Crippen LogP contribution in [0.3, 0.4) is 0 Å². The minimum absolute atomic E-state index is 0. The molecule has 0 bridgehead atoms. The second-order valence-corrected chi connectivity index (χ2v) is 5.28. The minimum atomic E-state index is 0. The van der Waals surface area contributed by atoms with Crippen molar-refractivity contribution < 1.29 is 9.53 Å². The number of piperidine rings is 1. The van der Waals surface area contributed by atoms with E-state index in [2.05, 4.69) is 10.6 Å². The van der Waals surface area contributed by atoms with Gasteiger partial charge in [0.1, 0.15) is 0 Å². The Balaban J connectivity index is 0.00000162. The van der Waals surface area contributed by atoms with Crippen molar-refractivity contribution in [2.45, 2.75) is 32.1 Å². The SMILES string of the molecule is Cl.O=C(CC1CCNCC1)NCC1CCCOC1. The molecule has 106 valence electrons. The molecule has 1 amide bonds. The number of carbonyl (C=O) groups excluding carboxylic acids is 1. The number of amides is 1. The van der Waals surface area contributed by atoms with Crippen molar-refractivity contribution >= 4 is 18.3 Å². The van der Waals surface area contributed by atoms with Gasteiger partial charge in [-0.15, -0.1) is 12.4 Å². The van der Waals surface area contributed by atoms with E-state index < -0.39 is 0 Å². The standard InChI is InChI=1S/C13H24N2O2.ClH/c16-13(8-11-3-5-14-6-4-11)15-9-12-2-1-7-17-10-12;/h11-12,14H,1-10H2,(H,15,16);1H. The van der Waals surface area contributed by atoms with Gasteiger partial charge in [0, 0.05) is 19.6 Å². The lowest BCUT2D eigenvalue weighted by molar-refractivity contribution is -0.122. The zero-order valence-electron chi connectivity index (χ0n) is 11.0. The number of rotatable bonds is 4. The van der Waals surface area contributed by atoms with E-state index in [9.17, 15) is 4.79 Å². The van der Waals surface area contributed by atoms with E-state index in [0.717, 1.165) is 52.1 Å². The van der Waals surface area contributed by atoms with Crippen LogP contribution in [0.4, 0.5) is 0 Å². The summed E-state index contributed by atoms with van der Waals surface area (Å²) >= 11 is 0. The van der Waals surface area contributed by atoms with Crippen molar-refractivity contribution in [3.05, 3.63) is 0 Å². The minimum Gasteiger partial charge on any atom is -0.381 e. The van der Waals surface area contributed by atoms with Gasteiger partial charge in [0.15, 0.2) is 0 Å². The normalized spacial score (nSPS) is 25.2. The van der Waals surface area contributed by atoms with Crippen molar-refractivity contribution in [3.8, 4) is 0 Å². The molecule has 5 heteroatoms. The van der Waals surface area contributed by atoms with E-state index in [0.29, 0.717) is 18.3 Å². The average molecular weight is 277 g/mol. The van der Waals surface area contributed by atoms with E-state index in [1.165, 1.54) is 6.42 Å². The number of halogens is 1. The van der Waals surface area contributed by atoms with Gasteiger partial charge in [-0.3, -0.25) is 4.79 Å². The number of hydrogen-bond donors (Lipinski definition) is 2. The van der Waals surface area contributed by atoms with Crippen molar-refractivity contribution in [1.82, 2.24) is 10.6 Å². The predicted octanol–water partition coefficient (Wildman–Crippen LogP) is 1.34. The predicted molar refractivity (Wildman–Crippen MR) is 74.0 cm³/mol. The Morgan fingerprint density at radius 2 is 2.00 bits per heavy atom. The first kappa shape index (κ1) is 15.7. The van der Waals surface area contributed by atoms with Crippen molar-refractivity contribution in [1.29, 1.82) is 0 Å². The molecule has 2 heterocycles. The third kappa shape index (κ3) is 5.55. The van der Waals surface area contributed by atoms with Crippen LogP contribution in [0, 0.1) is 11.8 Å². The van der Waals surface area contributed by atoms with Crippen LogP contribution in [0.15, 0.2) is 0 Å². The van der Waals surface area contributed by atoms with Crippen molar-refractivity contribution in [2.75, 3.05) is 32.8 Å². The molecular formula is C13H25ClN2O2. The zero-order chi connectivity index (χ0) is 11.9. The van der Waals surface area contributed by atoms with E-state index >= 15 is 0 Å². The van der Waals surface area contributed by atoms with Crippen LogP contribution < -0.4 is 10.6 Å². The van der Waals surface area contributed by atoms with Gasteiger partial charge >= 0.3 is 0 Å². The Hall–Kier alpha value is -0.320. The Morgan fingerprint density at radius 3 is 2.67 bits per heavy atom. The number of nitrogens with one attached hydrogen (secondary N) is 2. The summed E-state index contributed by atoms with van der Waals surface area (Å²) in [6, 6.07) is 0. The molecule has 0 radical (unpaired) electrons. The van der Waals surface area contributed by atoms with Crippen LogP contribution in [0.1, 0.15) is 32.1 Å². The van der Waals surface area contributed by atoms with Crippen molar-refractivity contribution in [2.24, 2.45) is 11.8 Å². The van der Waals surface area contributed by atoms with Gasteiger partial charge in [-0.2, -0.15) is 0 Å². The smallest absolute Gasteiger partial charge is 0.220 e. The van der Waals surface area contributed by atoms with Crippen LogP contribution in [-0.2, 0) is 9.53 Å². The van der Waals surface area contributed by atoms with Crippen LogP contribution in [0.5, 0.6) is 0 Å². The van der Waals surface area contributed by atoms with Crippen LogP contribution in [0.25, 0.3) is 0 Å². The van der Waals surface area contributed by atoms with E-state index in [4.69, 9.17) is 4.74 Å². The maximum Gasteiger partial charge on any atom is 0.220 e. The third-order valence-corrected chi connectivity index (χ3v) is 3.78. The lowest BCUT2D eigenvalue weighted by Crippen LogP contribution is -2.36. The molecule has 1 atom stereocenters. The molecule has 18 heavy (non-hydrogen) atoms. The largest absolute Gasteiger partial charge is 0.381 e. The molecule has 0 spiro atoms. The summed E-state index contributed by atoms with van der Waals surface area (Å²) in [4.78, 5) is 11.8. The molecule has 2 fully saturated rings. The van der Waals surface area contributed by atoms with Gasteiger partial charge in [-0.25, -0.2) is 0 Å². The van der Waals surface area contributed by atoms with Gasteiger partial charge in [0.25, 0.3) is 0 Å². The molecule has 0 aromatic rings. The summed E-state index contributed by atoms with van der Waals surface area (Å²) in [5.74, 6) is 1.34. The Labute approximate surface area is 116 Å². The van der Waals surface area contributed by atoms with Crippen LogP contribution in [0.2, 0.25) is 0 Å². The van der Waals surface area contributed by atoms with Crippen LogP contribution >= 0.6 is 12.4 Å². The van der Waals surface area contributed by atoms with Gasteiger partial charge in [-0.1, -0.05) is 0 Å². The molecule has 4 nitrogen and oxygen atoms in total. The van der Waals surface area contributed by atoms with Gasteiger partial charge in [-0.05, 0) is 50.6 Å². The molecule has 2 aliphatic rings. The molecule has 0 aromatic heterocycles. The molecular weight excluding hydrogens is 252 g/mol. The summed E-state index contributed by atoms with van der Waals surface area (Å²) in [6.45, 7) is 4.62. The average Bonchev–Trinajstić information content (AvgIpc) is 2.39. The lowest BCUT2D eigenvalue weighted by Gasteiger charge is -2.24. The molecule has 1 unspecified atom stereocenters. The number of carbonyl (C=O) groups is 1. The lowest BCUT2D eigenvalue weighted by atomic mass is 9.94. The molecule has 2 N–H and O–H groups in total. The number of hydrogen-bond acceptors (Lipinski definition) is 3. The van der Waals surface area contributed by atoms with Gasteiger partial charge in [0.2, 0.25) is 5.91 Å². The molecule has 0 saturated carbocycles. The first-order valence-corrected chi connectivity index (χ1v) is 6.90. The molecule has 0 aromatic carbocycles. The molecule has 2 rings (SSSR count). The van der Waals surface area contributed by atoms with E-state index in [-0.39, 0.29) is 18.3 Å². The van der Waals surface area contributed by atoms with Crippen LogP contribution in [-0.4, -0.2) is 38.8 Å². The maximum absolute atomic E-state index is 11.8. The fraction of sp³-hybridized carbons (Fsp3) is 0.923. The second kappa shape index (κ2) is 8.73. The Morgan fingerprint density at radius 1 is 1.22 bits per heavy atom. The van der Waals surface area contributed by atoms with Gasteiger partial charge in [0.05, 0.1) is 6.61 Å². The quantitative estimate of drug-likeness (QED) is 0.815. The topological polar surface area (TPSA) is 50.4 Å². The fourth-order valence-corrected chi connectivity index (χ4v) is 2.65. The first-order valence-electron chi connectivity index (χ1n) is 6.90. The highest BCUT2D eigenvalue weighted by Gasteiger charge is 2.18. The second-order valence-electron chi connectivity index (χ2n) is 5.28. The Bertz CT molecular complexity index is 239. The Kier molecular flexibility index (Phi) is 7.63. The van der Waals surface area contributed by atoms with E-state index in [1.54, 1.807) is 0 Å². The van der Waals surface area contributed by atoms with Gasteiger partial charge < -0.3 is 15.4 Å². The fourth-order valence-electron chi connectivity index (χ4n) is 2.65. The monoisotopic (exact) mass is 276 g/mol.